The highest BCUT2D eigenvalue weighted by atomic mass is 32.2. The minimum atomic E-state index is -3.38. The first-order valence-corrected chi connectivity index (χ1v) is 11.5. The molecule has 3 rings (SSSR count). The number of aryl methyl sites for hydroxylation is 2. The fraction of sp³-hybridized carbons (Fsp3) is 0.409. The van der Waals surface area contributed by atoms with Crippen molar-refractivity contribution in [1.29, 1.82) is 0 Å². The molecule has 0 saturated carbocycles. The number of carbonyl (C=O) groups excluding carboxylic acids is 1. The van der Waals surface area contributed by atoms with Gasteiger partial charge in [0.15, 0.2) is 0 Å². The summed E-state index contributed by atoms with van der Waals surface area (Å²) < 4.78 is 32.5. The zero-order chi connectivity index (χ0) is 20.9. The Morgan fingerprint density at radius 3 is 2.38 bits per heavy atom. The molecule has 0 unspecified atom stereocenters. The Morgan fingerprint density at radius 1 is 1.00 bits per heavy atom. The number of piperazine rings is 1. The minimum absolute atomic E-state index is 0.00425. The van der Waals surface area contributed by atoms with Crippen molar-refractivity contribution in [3.8, 4) is 5.75 Å². The van der Waals surface area contributed by atoms with Crippen molar-refractivity contribution in [3.05, 3.63) is 65.2 Å². The van der Waals surface area contributed by atoms with Crippen LogP contribution < -0.4 is 4.74 Å². The standard InChI is InChI=1S/C22H28N2O4S/c1-18-8-9-19(2)21(16-18)28-15-10-22(25)23-11-13-24(14-12-23)29(26,27)17-20-6-4-3-5-7-20/h3-9,16H,10-15,17H2,1-2H3. The molecule has 1 amide bonds. The van der Waals surface area contributed by atoms with Crippen LogP contribution in [0.1, 0.15) is 23.1 Å². The summed E-state index contributed by atoms with van der Waals surface area (Å²) in [7, 11) is -3.38. The SMILES string of the molecule is Cc1ccc(C)c(OCCC(=O)N2CCN(S(=O)(=O)Cc3ccccc3)CC2)c1. The molecule has 0 radical (unpaired) electrons. The molecular formula is C22H28N2O4S. The summed E-state index contributed by atoms with van der Waals surface area (Å²) in [6.45, 7) is 5.79. The number of ether oxygens (including phenoxy) is 1. The number of sulfonamides is 1. The Bertz CT molecular complexity index is 937. The van der Waals surface area contributed by atoms with Gasteiger partial charge in [-0.15, -0.1) is 0 Å². The van der Waals surface area contributed by atoms with Gasteiger partial charge >= 0.3 is 0 Å². The van der Waals surface area contributed by atoms with Crippen LogP contribution in [0, 0.1) is 13.8 Å². The van der Waals surface area contributed by atoms with Crippen LogP contribution in [0.3, 0.4) is 0 Å². The van der Waals surface area contributed by atoms with Crippen LogP contribution in [-0.4, -0.2) is 56.3 Å². The van der Waals surface area contributed by atoms with Crippen molar-refractivity contribution >= 4 is 15.9 Å². The van der Waals surface area contributed by atoms with Gasteiger partial charge in [-0.25, -0.2) is 8.42 Å². The molecule has 1 aliphatic rings. The van der Waals surface area contributed by atoms with Gasteiger partial charge in [0.05, 0.1) is 18.8 Å². The zero-order valence-corrected chi connectivity index (χ0v) is 17.8. The number of hydrogen-bond acceptors (Lipinski definition) is 4. The normalized spacial score (nSPS) is 15.3. The van der Waals surface area contributed by atoms with E-state index in [-0.39, 0.29) is 18.1 Å². The lowest BCUT2D eigenvalue weighted by atomic mass is 10.1. The number of carbonyl (C=O) groups is 1. The highest BCUT2D eigenvalue weighted by Gasteiger charge is 2.28. The Balaban J connectivity index is 1.46. The third kappa shape index (κ3) is 5.81. The molecule has 0 aliphatic carbocycles. The summed E-state index contributed by atoms with van der Waals surface area (Å²) in [5.74, 6) is 0.788. The molecule has 2 aromatic rings. The van der Waals surface area contributed by atoms with Crippen LogP contribution in [0.4, 0.5) is 0 Å². The van der Waals surface area contributed by atoms with Crippen LogP contribution in [-0.2, 0) is 20.6 Å². The predicted molar refractivity (Wildman–Crippen MR) is 113 cm³/mol. The molecule has 7 heteroatoms. The topological polar surface area (TPSA) is 66.9 Å². The fourth-order valence-corrected chi connectivity index (χ4v) is 4.88. The van der Waals surface area contributed by atoms with Gasteiger partial charge in [-0.1, -0.05) is 42.5 Å². The van der Waals surface area contributed by atoms with E-state index in [1.165, 1.54) is 4.31 Å². The smallest absolute Gasteiger partial charge is 0.226 e. The van der Waals surface area contributed by atoms with Crippen molar-refractivity contribution < 1.29 is 17.9 Å². The molecule has 0 aromatic heterocycles. The van der Waals surface area contributed by atoms with Gasteiger partial charge in [-0.05, 0) is 36.6 Å². The predicted octanol–water partition coefficient (Wildman–Crippen LogP) is 2.75. The molecule has 29 heavy (non-hydrogen) atoms. The largest absolute Gasteiger partial charge is 0.493 e. The molecule has 0 bridgehead atoms. The fourth-order valence-electron chi connectivity index (χ4n) is 3.36. The van der Waals surface area contributed by atoms with Crippen molar-refractivity contribution in [2.75, 3.05) is 32.8 Å². The van der Waals surface area contributed by atoms with Gasteiger partial charge in [-0.2, -0.15) is 4.31 Å². The maximum Gasteiger partial charge on any atom is 0.226 e. The third-order valence-corrected chi connectivity index (χ3v) is 6.94. The number of rotatable bonds is 7. The van der Waals surface area contributed by atoms with Crippen LogP contribution in [0.2, 0.25) is 0 Å². The Labute approximate surface area is 173 Å². The summed E-state index contributed by atoms with van der Waals surface area (Å²) in [5, 5.41) is 0. The minimum Gasteiger partial charge on any atom is -0.493 e. The molecule has 1 saturated heterocycles. The van der Waals surface area contributed by atoms with E-state index in [9.17, 15) is 13.2 Å². The number of amides is 1. The average molecular weight is 417 g/mol. The molecule has 1 fully saturated rings. The van der Waals surface area contributed by atoms with E-state index >= 15 is 0 Å². The van der Waals surface area contributed by atoms with E-state index in [1.54, 1.807) is 4.90 Å². The highest BCUT2D eigenvalue weighted by molar-refractivity contribution is 7.88. The van der Waals surface area contributed by atoms with Crippen molar-refractivity contribution in [2.45, 2.75) is 26.0 Å². The van der Waals surface area contributed by atoms with Gasteiger partial charge in [0.1, 0.15) is 5.75 Å². The summed E-state index contributed by atoms with van der Waals surface area (Å²) in [5.41, 5.74) is 2.93. The Hall–Kier alpha value is -2.38. The van der Waals surface area contributed by atoms with Crippen molar-refractivity contribution in [1.82, 2.24) is 9.21 Å². The van der Waals surface area contributed by atoms with Crippen LogP contribution in [0.5, 0.6) is 5.75 Å². The lowest BCUT2D eigenvalue weighted by molar-refractivity contribution is -0.132. The first-order chi connectivity index (χ1) is 13.8. The van der Waals surface area contributed by atoms with Crippen LogP contribution in [0.25, 0.3) is 0 Å². The van der Waals surface area contributed by atoms with Gasteiger partial charge in [0, 0.05) is 26.2 Å². The van der Waals surface area contributed by atoms with Gasteiger partial charge < -0.3 is 9.64 Å². The Kier molecular flexibility index (Phi) is 6.92. The second-order valence-electron chi connectivity index (χ2n) is 7.39. The van der Waals surface area contributed by atoms with E-state index < -0.39 is 10.0 Å². The van der Waals surface area contributed by atoms with Crippen molar-refractivity contribution in [2.24, 2.45) is 0 Å². The summed E-state index contributed by atoms with van der Waals surface area (Å²) >= 11 is 0. The van der Waals surface area contributed by atoms with Gasteiger partial charge in [0.2, 0.25) is 15.9 Å². The quantitative estimate of drug-likeness (QED) is 0.696. The average Bonchev–Trinajstić information content (AvgIpc) is 2.71. The van der Waals surface area contributed by atoms with Gasteiger partial charge in [-0.3, -0.25) is 4.79 Å². The lowest BCUT2D eigenvalue weighted by Gasteiger charge is -2.34. The molecule has 0 N–H and O–H groups in total. The van der Waals surface area contributed by atoms with Crippen molar-refractivity contribution in [3.63, 3.8) is 0 Å². The summed E-state index contributed by atoms with van der Waals surface area (Å²) in [6, 6.07) is 15.2. The molecule has 0 spiro atoms. The zero-order valence-electron chi connectivity index (χ0n) is 17.0. The second-order valence-corrected chi connectivity index (χ2v) is 9.36. The van der Waals surface area contributed by atoms with E-state index in [0.29, 0.717) is 32.8 Å². The number of benzene rings is 2. The molecule has 0 atom stereocenters. The molecule has 1 heterocycles. The molecule has 2 aromatic carbocycles. The van der Waals surface area contributed by atoms with E-state index in [0.717, 1.165) is 22.4 Å². The molecule has 156 valence electrons. The number of nitrogens with zero attached hydrogens (tertiary/aromatic N) is 2. The lowest BCUT2D eigenvalue weighted by Crippen LogP contribution is -2.50. The second kappa shape index (κ2) is 9.41. The molecule has 1 aliphatic heterocycles. The maximum absolute atomic E-state index is 12.6. The Morgan fingerprint density at radius 2 is 1.69 bits per heavy atom. The maximum atomic E-state index is 12.6. The molecular weight excluding hydrogens is 388 g/mol. The third-order valence-electron chi connectivity index (χ3n) is 5.09. The van der Waals surface area contributed by atoms with E-state index in [4.69, 9.17) is 4.74 Å². The first-order valence-electron chi connectivity index (χ1n) is 9.85. The van der Waals surface area contributed by atoms with Crippen LogP contribution >= 0.6 is 0 Å². The van der Waals surface area contributed by atoms with Gasteiger partial charge in [0.25, 0.3) is 0 Å². The molecule has 6 nitrogen and oxygen atoms in total. The monoisotopic (exact) mass is 416 g/mol. The highest BCUT2D eigenvalue weighted by Crippen LogP contribution is 2.19. The number of hydrogen-bond donors (Lipinski definition) is 0. The summed E-state index contributed by atoms with van der Waals surface area (Å²) in [4.78, 5) is 14.2. The van der Waals surface area contributed by atoms with E-state index in [1.807, 2.05) is 62.4 Å². The summed E-state index contributed by atoms with van der Waals surface area (Å²) in [6.07, 6.45) is 0.282. The van der Waals surface area contributed by atoms with Crippen LogP contribution in [0.15, 0.2) is 48.5 Å². The first kappa shape index (κ1) is 21.3. The van der Waals surface area contributed by atoms with E-state index in [2.05, 4.69) is 0 Å².